The number of nitrogens with one attached hydrogen (secondary N) is 1. The first-order valence-corrected chi connectivity index (χ1v) is 4.62. The SMILES string of the molecule is COc1ccc(CNN=CC(C)=O)cc1. The summed E-state index contributed by atoms with van der Waals surface area (Å²) in [6.45, 7) is 2.05. The molecule has 80 valence electrons. The molecule has 0 fully saturated rings. The minimum Gasteiger partial charge on any atom is -0.497 e. The van der Waals surface area contributed by atoms with Crippen LogP contribution in [0.2, 0.25) is 0 Å². The van der Waals surface area contributed by atoms with Crippen LogP contribution in [0.3, 0.4) is 0 Å². The Morgan fingerprint density at radius 3 is 2.67 bits per heavy atom. The van der Waals surface area contributed by atoms with Crippen molar-refractivity contribution in [1.29, 1.82) is 0 Å². The summed E-state index contributed by atoms with van der Waals surface area (Å²) >= 11 is 0. The van der Waals surface area contributed by atoms with Crippen LogP contribution in [-0.4, -0.2) is 19.1 Å². The summed E-state index contributed by atoms with van der Waals surface area (Å²) in [5, 5.41) is 3.75. The van der Waals surface area contributed by atoms with E-state index >= 15 is 0 Å². The normalized spacial score (nSPS) is 10.3. The van der Waals surface area contributed by atoms with Gasteiger partial charge in [0.15, 0.2) is 5.78 Å². The van der Waals surface area contributed by atoms with Crippen LogP contribution in [0.15, 0.2) is 29.4 Å². The Balaban J connectivity index is 2.41. The van der Waals surface area contributed by atoms with Gasteiger partial charge in [0.05, 0.1) is 19.9 Å². The molecular formula is C11H14N2O2. The fourth-order valence-electron chi connectivity index (χ4n) is 1.02. The van der Waals surface area contributed by atoms with E-state index in [-0.39, 0.29) is 5.78 Å². The van der Waals surface area contributed by atoms with Gasteiger partial charge in [-0.15, -0.1) is 0 Å². The van der Waals surface area contributed by atoms with Crippen molar-refractivity contribution in [1.82, 2.24) is 5.43 Å². The minimum absolute atomic E-state index is 0.0720. The van der Waals surface area contributed by atoms with Gasteiger partial charge in [0.1, 0.15) is 5.75 Å². The van der Waals surface area contributed by atoms with Crippen LogP contribution in [0.1, 0.15) is 12.5 Å². The van der Waals surface area contributed by atoms with E-state index in [0.717, 1.165) is 11.3 Å². The number of methoxy groups -OCH3 is 1. The quantitative estimate of drug-likeness (QED) is 0.584. The molecule has 0 radical (unpaired) electrons. The summed E-state index contributed by atoms with van der Waals surface area (Å²) in [5.41, 5.74) is 3.86. The lowest BCUT2D eigenvalue weighted by atomic mass is 10.2. The molecule has 0 saturated heterocycles. The van der Waals surface area contributed by atoms with Crippen molar-refractivity contribution in [3.8, 4) is 5.75 Å². The van der Waals surface area contributed by atoms with Gasteiger partial charge in [0, 0.05) is 6.92 Å². The Bertz CT molecular complexity index is 344. The zero-order valence-corrected chi connectivity index (χ0v) is 8.86. The molecule has 0 aliphatic heterocycles. The molecule has 0 aliphatic carbocycles. The van der Waals surface area contributed by atoms with Crippen molar-refractivity contribution in [2.75, 3.05) is 7.11 Å². The molecule has 0 unspecified atom stereocenters. The maximum Gasteiger partial charge on any atom is 0.172 e. The lowest BCUT2D eigenvalue weighted by Gasteiger charge is -2.02. The van der Waals surface area contributed by atoms with Gasteiger partial charge in [0.2, 0.25) is 0 Å². The molecular weight excluding hydrogens is 192 g/mol. The van der Waals surface area contributed by atoms with Gasteiger partial charge in [-0.05, 0) is 17.7 Å². The highest BCUT2D eigenvalue weighted by Crippen LogP contribution is 2.10. The zero-order valence-electron chi connectivity index (χ0n) is 8.86. The second-order valence-corrected chi connectivity index (χ2v) is 3.05. The molecule has 1 aromatic rings. The topological polar surface area (TPSA) is 50.7 Å². The van der Waals surface area contributed by atoms with Crippen LogP contribution in [0.5, 0.6) is 5.75 Å². The summed E-state index contributed by atoms with van der Waals surface area (Å²) < 4.78 is 5.03. The van der Waals surface area contributed by atoms with E-state index in [1.165, 1.54) is 13.1 Å². The predicted molar refractivity (Wildman–Crippen MR) is 59.0 cm³/mol. The maximum absolute atomic E-state index is 10.5. The molecule has 1 rings (SSSR count). The molecule has 0 atom stereocenters. The third-order valence-electron chi connectivity index (χ3n) is 1.78. The first-order valence-electron chi connectivity index (χ1n) is 4.62. The number of carbonyl (C=O) groups excluding carboxylic acids is 1. The Hall–Kier alpha value is -1.84. The molecule has 1 aromatic carbocycles. The molecule has 0 spiro atoms. The van der Waals surface area contributed by atoms with E-state index in [1.54, 1.807) is 7.11 Å². The molecule has 0 amide bonds. The van der Waals surface area contributed by atoms with Gasteiger partial charge in [-0.25, -0.2) is 0 Å². The lowest BCUT2D eigenvalue weighted by molar-refractivity contribution is -0.110. The number of benzene rings is 1. The van der Waals surface area contributed by atoms with Gasteiger partial charge in [0.25, 0.3) is 0 Å². The second kappa shape index (κ2) is 5.80. The third-order valence-corrected chi connectivity index (χ3v) is 1.78. The molecule has 1 N–H and O–H groups in total. The summed E-state index contributed by atoms with van der Waals surface area (Å²) in [6, 6.07) is 7.64. The number of hydrazone groups is 1. The Kier molecular flexibility index (Phi) is 4.34. The lowest BCUT2D eigenvalue weighted by Crippen LogP contribution is -2.07. The zero-order chi connectivity index (χ0) is 11.1. The minimum atomic E-state index is -0.0720. The molecule has 0 bridgehead atoms. The van der Waals surface area contributed by atoms with E-state index in [0.29, 0.717) is 6.54 Å². The average Bonchev–Trinajstić information content (AvgIpc) is 2.25. The monoisotopic (exact) mass is 206 g/mol. The molecule has 15 heavy (non-hydrogen) atoms. The van der Waals surface area contributed by atoms with Crippen molar-refractivity contribution < 1.29 is 9.53 Å². The Labute approximate surface area is 88.9 Å². The van der Waals surface area contributed by atoms with E-state index < -0.39 is 0 Å². The van der Waals surface area contributed by atoms with E-state index in [4.69, 9.17) is 4.74 Å². The largest absolute Gasteiger partial charge is 0.497 e. The van der Waals surface area contributed by atoms with Gasteiger partial charge in [-0.2, -0.15) is 5.10 Å². The number of Topliss-reactive ketones (excluding diaryl/α,β-unsaturated/α-hetero) is 1. The van der Waals surface area contributed by atoms with Gasteiger partial charge in [-0.1, -0.05) is 12.1 Å². The first kappa shape index (κ1) is 11.2. The summed E-state index contributed by atoms with van der Waals surface area (Å²) in [7, 11) is 1.63. The number of ketones is 1. The fourth-order valence-corrected chi connectivity index (χ4v) is 1.02. The van der Waals surface area contributed by atoms with Crippen LogP contribution in [0, 0.1) is 0 Å². The fraction of sp³-hybridized carbons (Fsp3) is 0.273. The molecule has 0 aliphatic rings. The average molecular weight is 206 g/mol. The number of carbonyl (C=O) groups is 1. The molecule has 4 nitrogen and oxygen atoms in total. The van der Waals surface area contributed by atoms with Gasteiger partial charge >= 0.3 is 0 Å². The van der Waals surface area contributed by atoms with Crippen LogP contribution >= 0.6 is 0 Å². The molecule has 4 heteroatoms. The van der Waals surface area contributed by atoms with Crippen LogP contribution < -0.4 is 10.2 Å². The number of ether oxygens (including phenoxy) is 1. The molecule has 0 heterocycles. The van der Waals surface area contributed by atoms with Crippen molar-refractivity contribution in [3.63, 3.8) is 0 Å². The van der Waals surface area contributed by atoms with E-state index in [9.17, 15) is 4.79 Å². The third kappa shape index (κ3) is 4.26. The Morgan fingerprint density at radius 2 is 2.13 bits per heavy atom. The molecule has 0 saturated carbocycles. The van der Waals surface area contributed by atoms with E-state index in [2.05, 4.69) is 10.5 Å². The van der Waals surface area contributed by atoms with Crippen molar-refractivity contribution in [2.45, 2.75) is 13.5 Å². The van der Waals surface area contributed by atoms with Crippen molar-refractivity contribution >= 4 is 12.0 Å². The molecule has 0 aromatic heterocycles. The van der Waals surface area contributed by atoms with E-state index in [1.807, 2.05) is 24.3 Å². The van der Waals surface area contributed by atoms with Crippen LogP contribution in [0.25, 0.3) is 0 Å². The summed E-state index contributed by atoms with van der Waals surface area (Å²) in [5.74, 6) is 0.753. The van der Waals surface area contributed by atoms with Crippen molar-refractivity contribution in [3.05, 3.63) is 29.8 Å². The highest BCUT2D eigenvalue weighted by Gasteiger charge is 1.92. The first-order chi connectivity index (χ1) is 7.22. The number of hydrogen-bond donors (Lipinski definition) is 1. The maximum atomic E-state index is 10.5. The summed E-state index contributed by atoms with van der Waals surface area (Å²) in [6.07, 6.45) is 1.25. The number of rotatable bonds is 5. The van der Waals surface area contributed by atoms with Crippen LogP contribution in [0.4, 0.5) is 0 Å². The smallest absolute Gasteiger partial charge is 0.172 e. The summed E-state index contributed by atoms with van der Waals surface area (Å²) in [4.78, 5) is 10.5. The number of nitrogens with zero attached hydrogens (tertiary/aromatic N) is 1. The second-order valence-electron chi connectivity index (χ2n) is 3.05. The van der Waals surface area contributed by atoms with Gasteiger partial charge in [-0.3, -0.25) is 4.79 Å². The number of hydrogen-bond acceptors (Lipinski definition) is 4. The standard InChI is InChI=1S/C11H14N2O2/c1-9(14)7-12-13-8-10-3-5-11(15-2)6-4-10/h3-7,13H,8H2,1-2H3. The van der Waals surface area contributed by atoms with Gasteiger partial charge < -0.3 is 10.2 Å². The Morgan fingerprint density at radius 1 is 1.47 bits per heavy atom. The van der Waals surface area contributed by atoms with Crippen LogP contribution in [-0.2, 0) is 11.3 Å². The van der Waals surface area contributed by atoms with Crippen molar-refractivity contribution in [2.24, 2.45) is 5.10 Å². The predicted octanol–water partition coefficient (Wildman–Crippen LogP) is 1.36. The highest BCUT2D eigenvalue weighted by molar-refractivity contribution is 6.26. The highest BCUT2D eigenvalue weighted by atomic mass is 16.5.